The van der Waals surface area contributed by atoms with E-state index >= 15 is 0 Å². The van der Waals surface area contributed by atoms with Crippen LogP contribution >= 0.6 is 0 Å². The maximum Gasteiger partial charge on any atom is 0.265 e. The number of rotatable bonds is 4. The van der Waals surface area contributed by atoms with Crippen molar-refractivity contribution in [3.63, 3.8) is 0 Å². The monoisotopic (exact) mass is 316 g/mol. The largest absolute Gasteiger partial charge is 0.481 e. The number of carbonyl (C=O) groups excluding carboxylic acids is 1. The molecule has 0 bridgehead atoms. The Morgan fingerprint density at radius 2 is 1.75 bits per heavy atom. The molecule has 0 saturated carbocycles. The highest BCUT2D eigenvalue weighted by Crippen LogP contribution is 2.23. The zero-order valence-electron chi connectivity index (χ0n) is 13.2. The highest BCUT2D eigenvalue weighted by Gasteiger charge is 2.15. The predicted molar refractivity (Wildman–Crippen MR) is 93.8 cm³/mol. The molecule has 3 aromatic carbocycles. The van der Waals surface area contributed by atoms with Gasteiger partial charge < -0.3 is 10.1 Å². The lowest BCUT2D eigenvalue weighted by Crippen LogP contribution is -2.30. The van der Waals surface area contributed by atoms with Crippen molar-refractivity contribution in [3.05, 3.63) is 72.3 Å². The van der Waals surface area contributed by atoms with Crippen molar-refractivity contribution >= 4 is 22.4 Å². The minimum absolute atomic E-state index is 0.226. The van der Waals surface area contributed by atoms with Crippen LogP contribution < -0.4 is 10.1 Å². The topological polar surface area (TPSA) is 62.1 Å². The fraction of sp³-hybridized carbons (Fsp3) is 0.100. The van der Waals surface area contributed by atoms with Gasteiger partial charge in [0.2, 0.25) is 0 Å². The Kier molecular flexibility index (Phi) is 4.44. The Morgan fingerprint density at radius 3 is 2.50 bits per heavy atom. The third kappa shape index (κ3) is 3.36. The maximum absolute atomic E-state index is 12.4. The van der Waals surface area contributed by atoms with Crippen molar-refractivity contribution < 1.29 is 9.53 Å². The molecule has 0 heterocycles. The molecule has 3 rings (SSSR count). The molecule has 1 N–H and O–H groups in total. The number of benzene rings is 3. The van der Waals surface area contributed by atoms with Gasteiger partial charge in [0.15, 0.2) is 6.10 Å². The molecule has 4 heteroatoms. The van der Waals surface area contributed by atoms with E-state index in [0.29, 0.717) is 11.3 Å². The molecule has 1 amide bonds. The molecule has 3 aromatic rings. The zero-order chi connectivity index (χ0) is 16.9. The summed E-state index contributed by atoms with van der Waals surface area (Å²) in [5, 5.41) is 13.8. The molecule has 24 heavy (non-hydrogen) atoms. The minimum Gasteiger partial charge on any atom is -0.481 e. The molecular weight excluding hydrogens is 300 g/mol. The molecule has 0 spiro atoms. The Bertz CT molecular complexity index is 906. The van der Waals surface area contributed by atoms with Crippen LogP contribution in [0.5, 0.6) is 5.75 Å². The molecule has 118 valence electrons. The van der Waals surface area contributed by atoms with Gasteiger partial charge in [0, 0.05) is 11.1 Å². The van der Waals surface area contributed by atoms with E-state index in [9.17, 15) is 4.79 Å². The van der Waals surface area contributed by atoms with Gasteiger partial charge in [-0.1, -0.05) is 36.4 Å². The summed E-state index contributed by atoms with van der Waals surface area (Å²) < 4.78 is 5.64. The maximum atomic E-state index is 12.4. The summed E-state index contributed by atoms with van der Waals surface area (Å²) in [6.45, 7) is 1.69. The second kappa shape index (κ2) is 6.84. The van der Waals surface area contributed by atoms with Crippen LogP contribution in [0.4, 0.5) is 5.69 Å². The van der Waals surface area contributed by atoms with E-state index in [1.807, 2.05) is 48.5 Å². The number of ether oxygens (including phenoxy) is 1. The molecule has 0 aliphatic carbocycles. The van der Waals surface area contributed by atoms with E-state index in [1.165, 1.54) is 0 Å². The summed E-state index contributed by atoms with van der Waals surface area (Å²) in [7, 11) is 0. The van der Waals surface area contributed by atoms with Gasteiger partial charge in [-0.25, -0.2) is 0 Å². The molecular formula is C20H16N2O2. The minimum atomic E-state index is -0.656. The van der Waals surface area contributed by atoms with Gasteiger partial charge in [-0.05, 0) is 42.6 Å². The van der Waals surface area contributed by atoms with E-state index in [-0.39, 0.29) is 5.91 Å². The number of nitrogens with zero attached hydrogens (tertiary/aromatic N) is 1. The second-order valence-corrected chi connectivity index (χ2v) is 5.41. The number of nitrogens with one attached hydrogen (secondary N) is 1. The number of amides is 1. The van der Waals surface area contributed by atoms with Crippen molar-refractivity contribution in [1.29, 1.82) is 5.26 Å². The standard InChI is InChI=1S/C20H16N2O2/c1-14(24-17-11-9-15(13-21)10-12-17)20(23)22-19-8-4-6-16-5-2-3-7-18(16)19/h2-12,14H,1H3,(H,22,23)/t14-/m0/s1. The van der Waals surface area contributed by atoms with Crippen LogP contribution in [-0.4, -0.2) is 12.0 Å². The molecule has 0 unspecified atom stereocenters. The van der Waals surface area contributed by atoms with E-state index in [4.69, 9.17) is 10.00 Å². The lowest BCUT2D eigenvalue weighted by atomic mass is 10.1. The van der Waals surface area contributed by atoms with E-state index < -0.39 is 6.10 Å². The Labute approximate surface area is 140 Å². The van der Waals surface area contributed by atoms with Crippen LogP contribution in [0.25, 0.3) is 10.8 Å². The second-order valence-electron chi connectivity index (χ2n) is 5.41. The molecule has 1 atom stereocenters. The van der Waals surface area contributed by atoms with Crippen LogP contribution in [0.2, 0.25) is 0 Å². The van der Waals surface area contributed by atoms with E-state index in [0.717, 1.165) is 16.5 Å². The fourth-order valence-electron chi connectivity index (χ4n) is 2.43. The summed E-state index contributed by atoms with van der Waals surface area (Å²) in [4.78, 5) is 12.4. The first-order valence-electron chi connectivity index (χ1n) is 7.63. The normalized spacial score (nSPS) is 11.5. The number of anilines is 1. The molecule has 0 fully saturated rings. The first-order chi connectivity index (χ1) is 11.7. The lowest BCUT2D eigenvalue weighted by molar-refractivity contribution is -0.122. The van der Waals surface area contributed by atoms with Crippen LogP contribution in [0.1, 0.15) is 12.5 Å². The number of nitriles is 1. The third-order valence-electron chi connectivity index (χ3n) is 3.71. The highest BCUT2D eigenvalue weighted by atomic mass is 16.5. The third-order valence-corrected chi connectivity index (χ3v) is 3.71. The Morgan fingerprint density at radius 1 is 1.04 bits per heavy atom. The van der Waals surface area contributed by atoms with Crippen molar-refractivity contribution in [1.82, 2.24) is 0 Å². The summed E-state index contributed by atoms with van der Waals surface area (Å²) in [6, 6.07) is 22.4. The summed E-state index contributed by atoms with van der Waals surface area (Å²) in [5.41, 5.74) is 1.31. The van der Waals surface area contributed by atoms with Crippen molar-refractivity contribution in [3.8, 4) is 11.8 Å². The summed E-state index contributed by atoms with van der Waals surface area (Å²) in [5.74, 6) is 0.324. The zero-order valence-corrected chi connectivity index (χ0v) is 13.2. The quantitative estimate of drug-likeness (QED) is 0.787. The predicted octanol–water partition coefficient (Wildman–Crippen LogP) is 4.12. The first kappa shape index (κ1) is 15.6. The van der Waals surface area contributed by atoms with Crippen molar-refractivity contribution in [2.45, 2.75) is 13.0 Å². The highest BCUT2D eigenvalue weighted by molar-refractivity contribution is 6.03. The Hall–Kier alpha value is -3.32. The van der Waals surface area contributed by atoms with Gasteiger partial charge in [0.25, 0.3) is 5.91 Å². The van der Waals surface area contributed by atoms with E-state index in [2.05, 4.69) is 5.32 Å². The van der Waals surface area contributed by atoms with Gasteiger partial charge in [-0.3, -0.25) is 4.79 Å². The summed E-state index contributed by atoms with van der Waals surface area (Å²) in [6.07, 6.45) is -0.656. The van der Waals surface area contributed by atoms with Gasteiger partial charge in [-0.2, -0.15) is 5.26 Å². The molecule has 0 aliphatic rings. The Balaban J connectivity index is 1.72. The molecule has 0 saturated heterocycles. The van der Waals surface area contributed by atoms with Gasteiger partial charge >= 0.3 is 0 Å². The number of hydrogen-bond donors (Lipinski definition) is 1. The molecule has 0 radical (unpaired) electrons. The van der Waals surface area contributed by atoms with Crippen molar-refractivity contribution in [2.24, 2.45) is 0 Å². The molecule has 4 nitrogen and oxygen atoms in total. The molecule has 0 aromatic heterocycles. The number of carbonyl (C=O) groups is 1. The lowest BCUT2D eigenvalue weighted by Gasteiger charge is -2.15. The smallest absolute Gasteiger partial charge is 0.265 e. The number of fused-ring (bicyclic) bond motifs is 1. The summed E-state index contributed by atoms with van der Waals surface area (Å²) >= 11 is 0. The van der Waals surface area contributed by atoms with Crippen LogP contribution in [0.3, 0.4) is 0 Å². The van der Waals surface area contributed by atoms with Crippen LogP contribution in [0, 0.1) is 11.3 Å². The number of hydrogen-bond acceptors (Lipinski definition) is 3. The van der Waals surface area contributed by atoms with Crippen molar-refractivity contribution in [2.75, 3.05) is 5.32 Å². The van der Waals surface area contributed by atoms with E-state index in [1.54, 1.807) is 31.2 Å². The average Bonchev–Trinajstić information content (AvgIpc) is 2.62. The molecule has 0 aliphatic heterocycles. The van der Waals surface area contributed by atoms with Gasteiger partial charge in [0.1, 0.15) is 5.75 Å². The average molecular weight is 316 g/mol. The first-order valence-corrected chi connectivity index (χ1v) is 7.63. The van der Waals surface area contributed by atoms with Crippen LogP contribution in [-0.2, 0) is 4.79 Å². The van der Waals surface area contributed by atoms with Gasteiger partial charge in [0.05, 0.1) is 11.6 Å². The SMILES string of the molecule is C[C@H](Oc1ccc(C#N)cc1)C(=O)Nc1cccc2ccccc12. The fourth-order valence-corrected chi connectivity index (χ4v) is 2.43. The van der Waals surface area contributed by atoms with Crippen LogP contribution in [0.15, 0.2) is 66.7 Å². The van der Waals surface area contributed by atoms with Gasteiger partial charge in [-0.15, -0.1) is 0 Å².